The molecule has 0 heterocycles. The van der Waals surface area contributed by atoms with E-state index >= 15 is 0 Å². The molecule has 3 heteroatoms. The molecule has 0 radical (unpaired) electrons. The van der Waals surface area contributed by atoms with E-state index in [2.05, 4.69) is 43.2 Å². The molecule has 0 saturated carbocycles. The standard InChI is InChI=1S/C14H24N2O/c1-14(2,10-15-3)11-16(4)12-7-6-8-13(9-12)17-5/h6-9,15H,10-11H2,1-5H3. The van der Waals surface area contributed by atoms with E-state index in [0.29, 0.717) is 0 Å². The van der Waals surface area contributed by atoms with Crippen LogP contribution in [0.1, 0.15) is 13.8 Å². The Morgan fingerprint density at radius 2 is 2.06 bits per heavy atom. The lowest BCUT2D eigenvalue weighted by Gasteiger charge is -2.31. The summed E-state index contributed by atoms with van der Waals surface area (Å²) < 4.78 is 5.24. The van der Waals surface area contributed by atoms with Gasteiger partial charge in [-0.1, -0.05) is 19.9 Å². The number of nitrogens with zero attached hydrogens (tertiary/aromatic N) is 1. The number of ether oxygens (including phenoxy) is 1. The molecule has 0 aliphatic rings. The van der Waals surface area contributed by atoms with Crippen LogP contribution in [-0.2, 0) is 0 Å². The van der Waals surface area contributed by atoms with Gasteiger partial charge in [-0.25, -0.2) is 0 Å². The van der Waals surface area contributed by atoms with E-state index in [1.807, 2.05) is 19.2 Å². The molecular weight excluding hydrogens is 212 g/mol. The largest absolute Gasteiger partial charge is 0.497 e. The van der Waals surface area contributed by atoms with Gasteiger partial charge in [0.25, 0.3) is 0 Å². The van der Waals surface area contributed by atoms with Gasteiger partial charge >= 0.3 is 0 Å². The summed E-state index contributed by atoms with van der Waals surface area (Å²) in [4.78, 5) is 2.26. The minimum Gasteiger partial charge on any atom is -0.497 e. The molecule has 0 aliphatic heterocycles. The van der Waals surface area contributed by atoms with Crippen molar-refractivity contribution in [2.75, 3.05) is 39.2 Å². The first-order valence-electron chi connectivity index (χ1n) is 5.98. The fourth-order valence-electron chi connectivity index (χ4n) is 2.12. The summed E-state index contributed by atoms with van der Waals surface area (Å²) >= 11 is 0. The molecule has 1 rings (SSSR count). The monoisotopic (exact) mass is 236 g/mol. The zero-order valence-electron chi connectivity index (χ0n) is 11.6. The molecule has 1 aromatic carbocycles. The first kappa shape index (κ1) is 13.8. The van der Waals surface area contributed by atoms with Crippen molar-refractivity contribution >= 4 is 5.69 Å². The van der Waals surface area contributed by atoms with E-state index in [0.717, 1.165) is 18.8 Å². The Bertz CT molecular complexity index is 350. The van der Waals surface area contributed by atoms with Crippen molar-refractivity contribution < 1.29 is 4.74 Å². The highest BCUT2D eigenvalue weighted by Gasteiger charge is 2.19. The third-order valence-electron chi connectivity index (χ3n) is 2.81. The van der Waals surface area contributed by atoms with Gasteiger partial charge < -0.3 is 15.0 Å². The number of nitrogens with one attached hydrogen (secondary N) is 1. The molecule has 0 spiro atoms. The minimum atomic E-state index is 0.243. The van der Waals surface area contributed by atoms with E-state index < -0.39 is 0 Å². The topological polar surface area (TPSA) is 24.5 Å². The van der Waals surface area contributed by atoms with Gasteiger partial charge in [0, 0.05) is 31.9 Å². The third kappa shape index (κ3) is 4.27. The summed E-state index contributed by atoms with van der Waals surface area (Å²) in [5.41, 5.74) is 1.43. The fourth-order valence-corrected chi connectivity index (χ4v) is 2.12. The van der Waals surface area contributed by atoms with Crippen LogP contribution in [0, 0.1) is 5.41 Å². The lowest BCUT2D eigenvalue weighted by atomic mass is 9.92. The predicted molar refractivity (Wildman–Crippen MR) is 74.0 cm³/mol. The second-order valence-electron chi connectivity index (χ2n) is 5.25. The van der Waals surface area contributed by atoms with Gasteiger partial charge in [-0.15, -0.1) is 0 Å². The van der Waals surface area contributed by atoms with Crippen molar-refractivity contribution in [2.45, 2.75) is 13.8 Å². The Balaban J connectivity index is 2.71. The number of hydrogen-bond acceptors (Lipinski definition) is 3. The van der Waals surface area contributed by atoms with Crippen LogP contribution in [0.25, 0.3) is 0 Å². The Hall–Kier alpha value is -1.22. The van der Waals surface area contributed by atoms with Crippen LogP contribution in [-0.4, -0.2) is 34.3 Å². The Labute approximate surface area is 105 Å². The summed E-state index contributed by atoms with van der Waals surface area (Å²) in [7, 11) is 5.81. The van der Waals surface area contributed by atoms with Crippen LogP contribution in [0.15, 0.2) is 24.3 Å². The smallest absolute Gasteiger partial charge is 0.120 e. The van der Waals surface area contributed by atoms with Gasteiger partial charge in [-0.2, -0.15) is 0 Å². The maximum Gasteiger partial charge on any atom is 0.120 e. The summed E-state index contributed by atoms with van der Waals surface area (Å²) in [6.45, 7) is 6.53. The molecule has 0 aliphatic carbocycles. The Morgan fingerprint density at radius 3 is 2.65 bits per heavy atom. The fraction of sp³-hybridized carbons (Fsp3) is 0.571. The SMILES string of the molecule is CNCC(C)(C)CN(C)c1cccc(OC)c1. The molecule has 0 aromatic heterocycles. The van der Waals surface area contributed by atoms with Crippen molar-refractivity contribution in [3.63, 3.8) is 0 Å². The molecule has 1 aromatic rings. The zero-order chi connectivity index (χ0) is 12.9. The number of benzene rings is 1. The van der Waals surface area contributed by atoms with Crippen molar-refractivity contribution in [1.29, 1.82) is 0 Å². The minimum absolute atomic E-state index is 0.243. The highest BCUT2D eigenvalue weighted by atomic mass is 16.5. The molecule has 0 bridgehead atoms. The Morgan fingerprint density at radius 1 is 1.35 bits per heavy atom. The molecule has 17 heavy (non-hydrogen) atoms. The molecule has 0 amide bonds. The van der Waals surface area contributed by atoms with E-state index in [1.54, 1.807) is 7.11 Å². The molecule has 0 unspecified atom stereocenters. The average molecular weight is 236 g/mol. The summed E-state index contributed by atoms with van der Waals surface area (Å²) in [6.07, 6.45) is 0. The van der Waals surface area contributed by atoms with Crippen LogP contribution >= 0.6 is 0 Å². The molecule has 0 atom stereocenters. The van der Waals surface area contributed by atoms with Gasteiger partial charge in [0.15, 0.2) is 0 Å². The highest BCUT2D eigenvalue weighted by Crippen LogP contribution is 2.23. The van der Waals surface area contributed by atoms with Crippen LogP contribution in [0.4, 0.5) is 5.69 Å². The summed E-state index contributed by atoms with van der Waals surface area (Å²) in [6, 6.07) is 8.17. The second kappa shape index (κ2) is 5.92. The first-order chi connectivity index (χ1) is 7.98. The van der Waals surface area contributed by atoms with Crippen LogP contribution in [0.3, 0.4) is 0 Å². The molecule has 96 valence electrons. The average Bonchev–Trinajstić information content (AvgIpc) is 2.28. The lowest BCUT2D eigenvalue weighted by molar-refractivity contribution is 0.358. The van der Waals surface area contributed by atoms with Crippen molar-refractivity contribution in [2.24, 2.45) is 5.41 Å². The number of rotatable bonds is 6. The Kier molecular flexibility index (Phi) is 4.82. The van der Waals surface area contributed by atoms with Crippen molar-refractivity contribution in [3.05, 3.63) is 24.3 Å². The number of anilines is 1. The van der Waals surface area contributed by atoms with E-state index in [4.69, 9.17) is 4.74 Å². The van der Waals surface area contributed by atoms with Crippen LogP contribution in [0.2, 0.25) is 0 Å². The van der Waals surface area contributed by atoms with Crippen LogP contribution in [0.5, 0.6) is 5.75 Å². The highest BCUT2D eigenvalue weighted by molar-refractivity contribution is 5.50. The quantitative estimate of drug-likeness (QED) is 0.820. The summed E-state index contributed by atoms with van der Waals surface area (Å²) in [5.74, 6) is 0.903. The van der Waals surface area contributed by atoms with E-state index in [1.165, 1.54) is 5.69 Å². The van der Waals surface area contributed by atoms with Crippen molar-refractivity contribution in [3.8, 4) is 5.75 Å². The number of hydrogen-bond donors (Lipinski definition) is 1. The summed E-state index contributed by atoms with van der Waals surface area (Å²) in [5, 5.41) is 3.24. The van der Waals surface area contributed by atoms with Gasteiger partial charge in [0.1, 0.15) is 5.75 Å². The molecular formula is C14H24N2O. The van der Waals surface area contributed by atoms with E-state index in [-0.39, 0.29) is 5.41 Å². The maximum absolute atomic E-state index is 5.24. The predicted octanol–water partition coefficient (Wildman–Crippen LogP) is 2.38. The molecule has 1 N–H and O–H groups in total. The maximum atomic E-state index is 5.24. The van der Waals surface area contributed by atoms with Crippen LogP contribution < -0.4 is 15.0 Å². The van der Waals surface area contributed by atoms with Crippen molar-refractivity contribution in [1.82, 2.24) is 5.32 Å². The molecule has 0 fully saturated rings. The second-order valence-corrected chi connectivity index (χ2v) is 5.25. The third-order valence-corrected chi connectivity index (χ3v) is 2.81. The molecule has 0 saturated heterocycles. The number of methoxy groups -OCH3 is 1. The van der Waals surface area contributed by atoms with Gasteiger partial charge in [-0.05, 0) is 24.6 Å². The lowest BCUT2D eigenvalue weighted by Crippen LogP contribution is -2.37. The first-order valence-corrected chi connectivity index (χ1v) is 5.98. The van der Waals surface area contributed by atoms with Gasteiger partial charge in [0.05, 0.1) is 7.11 Å². The normalized spacial score (nSPS) is 11.4. The van der Waals surface area contributed by atoms with Gasteiger partial charge in [-0.3, -0.25) is 0 Å². The molecule has 3 nitrogen and oxygen atoms in total. The zero-order valence-corrected chi connectivity index (χ0v) is 11.6. The van der Waals surface area contributed by atoms with Gasteiger partial charge in [0.2, 0.25) is 0 Å². The van der Waals surface area contributed by atoms with E-state index in [9.17, 15) is 0 Å².